The molecule has 0 saturated heterocycles. The van der Waals surface area contributed by atoms with Crippen molar-refractivity contribution < 1.29 is 19.7 Å². The Morgan fingerprint density at radius 2 is 2.18 bits per heavy atom. The molecule has 150 valence electrons. The number of aromatic nitrogens is 2. The number of fused-ring (bicyclic) bond motifs is 1. The van der Waals surface area contributed by atoms with Crippen LogP contribution in [0.1, 0.15) is 25.1 Å². The lowest BCUT2D eigenvalue weighted by Crippen LogP contribution is -2.38. The number of carbonyl (C=O) groups is 1. The van der Waals surface area contributed by atoms with Gasteiger partial charge in [0, 0.05) is 42.6 Å². The third kappa shape index (κ3) is 4.98. The van der Waals surface area contributed by atoms with Crippen LogP contribution < -0.4 is 15.4 Å². The molecule has 8 nitrogen and oxygen atoms in total. The summed E-state index contributed by atoms with van der Waals surface area (Å²) in [6, 6.07) is 7.10. The van der Waals surface area contributed by atoms with Crippen LogP contribution in [0.3, 0.4) is 0 Å². The molecule has 1 atom stereocenters. The summed E-state index contributed by atoms with van der Waals surface area (Å²) in [5, 5.41) is 32.0. The molecule has 2 heterocycles. The van der Waals surface area contributed by atoms with Crippen LogP contribution in [0.2, 0.25) is 0 Å². The van der Waals surface area contributed by atoms with Crippen molar-refractivity contribution in [2.75, 3.05) is 31.6 Å². The van der Waals surface area contributed by atoms with Gasteiger partial charge in [-0.15, -0.1) is 0 Å². The van der Waals surface area contributed by atoms with Crippen molar-refractivity contribution in [1.82, 2.24) is 15.5 Å². The molecule has 2 aromatic rings. The van der Waals surface area contributed by atoms with Crippen molar-refractivity contribution in [2.24, 2.45) is 5.41 Å². The lowest BCUT2D eigenvalue weighted by atomic mass is 9.95. The Morgan fingerprint density at radius 3 is 2.89 bits per heavy atom. The van der Waals surface area contributed by atoms with Gasteiger partial charge in [0.25, 0.3) is 5.91 Å². The number of aliphatic hydroxyl groups excluding tert-OH is 2. The van der Waals surface area contributed by atoms with E-state index in [9.17, 15) is 15.0 Å². The molecule has 0 bridgehead atoms. The molecule has 1 aromatic heterocycles. The zero-order chi connectivity index (χ0) is 20.1. The fourth-order valence-electron chi connectivity index (χ4n) is 2.79. The first-order chi connectivity index (χ1) is 13.4. The predicted octanol–water partition coefficient (Wildman–Crippen LogP) is 1.25. The topological polar surface area (TPSA) is 120 Å². The van der Waals surface area contributed by atoms with Crippen molar-refractivity contribution in [3.8, 4) is 5.75 Å². The van der Waals surface area contributed by atoms with E-state index >= 15 is 0 Å². The first-order valence-corrected chi connectivity index (χ1v) is 9.17. The van der Waals surface area contributed by atoms with Crippen LogP contribution >= 0.6 is 0 Å². The fourth-order valence-corrected chi connectivity index (χ4v) is 2.79. The number of amides is 1. The highest BCUT2D eigenvalue weighted by molar-refractivity contribution is 6.34. The van der Waals surface area contributed by atoms with Crippen molar-refractivity contribution >= 4 is 23.2 Å². The maximum absolute atomic E-state index is 12.2. The van der Waals surface area contributed by atoms with Crippen LogP contribution in [-0.4, -0.2) is 58.7 Å². The van der Waals surface area contributed by atoms with Gasteiger partial charge in [-0.3, -0.25) is 9.89 Å². The van der Waals surface area contributed by atoms with Crippen molar-refractivity contribution in [3.05, 3.63) is 41.7 Å². The summed E-state index contributed by atoms with van der Waals surface area (Å²) in [4.78, 5) is 12.2. The van der Waals surface area contributed by atoms with Gasteiger partial charge in [0.1, 0.15) is 18.5 Å². The lowest BCUT2D eigenvalue weighted by Gasteiger charge is -2.23. The van der Waals surface area contributed by atoms with E-state index in [2.05, 4.69) is 20.8 Å². The first-order valence-electron chi connectivity index (χ1n) is 9.17. The number of ether oxygens (including phenoxy) is 1. The third-order valence-electron chi connectivity index (χ3n) is 4.45. The highest BCUT2D eigenvalue weighted by Crippen LogP contribution is 2.35. The average molecular weight is 386 g/mol. The molecule has 0 saturated carbocycles. The van der Waals surface area contributed by atoms with Gasteiger partial charge in [0.05, 0.1) is 11.3 Å². The molecule has 1 aromatic carbocycles. The zero-order valence-corrected chi connectivity index (χ0v) is 16.0. The average Bonchev–Trinajstić information content (AvgIpc) is 3.28. The van der Waals surface area contributed by atoms with E-state index in [-0.39, 0.29) is 24.5 Å². The second kappa shape index (κ2) is 8.55. The maximum Gasteiger partial charge on any atom is 0.256 e. The quantitative estimate of drug-likeness (QED) is 0.414. The van der Waals surface area contributed by atoms with Crippen LogP contribution in [0.4, 0.5) is 5.69 Å². The molecule has 3 rings (SSSR count). The summed E-state index contributed by atoms with van der Waals surface area (Å²) in [6.45, 7) is 5.03. The summed E-state index contributed by atoms with van der Waals surface area (Å²) in [7, 11) is 0. The largest absolute Gasteiger partial charge is 0.491 e. The van der Waals surface area contributed by atoms with Gasteiger partial charge in [-0.05, 0) is 30.3 Å². The number of hydrogen-bond donors (Lipinski definition) is 5. The number of carbonyl (C=O) groups excluding carboxylic acids is 1. The molecule has 0 fully saturated rings. The second-order valence-corrected chi connectivity index (χ2v) is 7.65. The minimum absolute atomic E-state index is 0.0723. The number of hydrogen-bond acceptors (Lipinski definition) is 6. The van der Waals surface area contributed by atoms with E-state index in [0.717, 1.165) is 16.9 Å². The highest BCUT2D eigenvalue weighted by Gasteiger charge is 2.25. The summed E-state index contributed by atoms with van der Waals surface area (Å²) in [6.07, 6.45) is 2.67. The second-order valence-electron chi connectivity index (χ2n) is 7.65. The van der Waals surface area contributed by atoms with Crippen molar-refractivity contribution in [2.45, 2.75) is 20.0 Å². The summed E-state index contributed by atoms with van der Waals surface area (Å²) >= 11 is 0. The van der Waals surface area contributed by atoms with Crippen LogP contribution in [0.5, 0.6) is 5.75 Å². The molecule has 1 unspecified atom stereocenters. The number of anilines is 1. The van der Waals surface area contributed by atoms with Gasteiger partial charge >= 0.3 is 0 Å². The Labute approximate surface area is 163 Å². The predicted molar refractivity (Wildman–Crippen MR) is 107 cm³/mol. The third-order valence-corrected chi connectivity index (χ3v) is 4.45. The smallest absolute Gasteiger partial charge is 0.256 e. The minimum Gasteiger partial charge on any atom is -0.491 e. The van der Waals surface area contributed by atoms with Gasteiger partial charge in [-0.2, -0.15) is 5.10 Å². The number of aromatic amines is 1. The standard InChI is InChI=1S/C20H26N4O4/c1-20(2,12-25)11-21-9-14(26)10-28-15-3-4-18-16(8-15)17(19(27)23-18)7-13-5-6-22-24-13/h3-8,14,21,25-26H,9-12H2,1-2H3,(H,22,24)(H,23,27). The molecule has 1 aliphatic rings. The maximum atomic E-state index is 12.2. The normalized spacial score (nSPS) is 16.1. The summed E-state index contributed by atoms with van der Waals surface area (Å²) in [5.74, 6) is 0.387. The Balaban J connectivity index is 1.60. The Morgan fingerprint density at radius 1 is 1.36 bits per heavy atom. The zero-order valence-electron chi connectivity index (χ0n) is 16.0. The van der Waals surface area contributed by atoms with E-state index in [1.165, 1.54) is 0 Å². The van der Waals surface area contributed by atoms with Gasteiger partial charge in [-0.1, -0.05) is 13.8 Å². The lowest BCUT2D eigenvalue weighted by molar-refractivity contribution is -0.110. The molecule has 0 radical (unpaired) electrons. The molecule has 0 spiro atoms. The number of nitrogens with zero attached hydrogens (tertiary/aromatic N) is 1. The van der Waals surface area contributed by atoms with E-state index in [0.29, 0.717) is 24.4 Å². The number of aliphatic hydroxyl groups is 2. The molecule has 8 heteroatoms. The van der Waals surface area contributed by atoms with Gasteiger partial charge in [-0.25, -0.2) is 0 Å². The molecular weight excluding hydrogens is 360 g/mol. The molecule has 1 amide bonds. The Kier molecular flexibility index (Phi) is 6.13. The van der Waals surface area contributed by atoms with Crippen LogP contribution in [0.25, 0.3) is 11.6 Å². The van der Waals surface area contributed by atoms with E-state index in [1.807, 2.05) is 13.8 Å². The summed E-state index contributed by atoms with van der Waals surface area (Å²) in [5.41, 5.74) is 2.48. The van der Waals surface area contributed by atoms with Gasteiger partial charge in [0.2, 0.25) is 0 Å². The fraction of sp³-hybridized carbons (Fsp3) is 0.400. The molecule has 5 N–H and O–H groups in total. The highest BCUT2D eigenvalue weighted by atomic mass is 16.5. The molecule has 0 aliphatic carbocycles. The van der Waals surface area contributed by atoms with Crippen molar-refractivity contribution in [3.63, 3.8) is 0 Å². The van der Waals surface area contributed by atoms with E-state index in [1.54, 1.807) is 36.5 Å². The Bertz CT molecular complexity index is 846. The van der Waals surface area contributed by atoms with Crippen LogP contribution in [-0.2, 0) is 4.79 Å². The summed E-state index contributed by atoms with van der Waals surface area (Å²) < 4.78 is 5.70. The minimum atomic E-state index is -0.692. The van der Waals surface area contributed by atoms with Crippen LogP contribution in [0, 0.1) is 5.41 Å². The number of benzene rings is 1. The monoisotopic (exact) mass is 386 g/mol. The molecular formula is C20H26N4O4. The van der Waals surface area contributed by atoms with E-state index < -0.39 is 6.10 Å². The van der Waals surface area contributed by atoms with Crippen LogP contribution in [0.15, 0.2) is 30.5 Å². The van der Waals surface area contributed by atoms with Gasteiger partial charge < -0.3 is 25.6 Å². The molecule has 28 heavy (non-hydrogen) atoms. The number of H-pyrrole nitrogens is 1. The van der Waals surface area contributed by atoms with Gasteiger partial charge in [0.15, 0.2) is 0 Å². The number of nitrogens with one attached hydrogen (secondary N) is 3. The molecule has 1 aliphatic heterocycles. The first kappa shape index (κ1) is 20.1. The number of rotatable bonds is 9. The van der Waals surface area contributed by atoms with Crippen molar-refractivity contribution in [1.29, 1.82) is 0 Å². The Hall–Kier alpha value is -2.68. The van der Waals surface area contributed by atoms with E-state index in [4.69, 9.17) is 4.74 Å². The SMILES string of the molecule is CC(C)(CO)CNCC(O)COc1ccc2c(c1)C(=Cc1ccn[nH]1)C(=O)N2.